The molecule has 0 aliphatic carbocycles. The van der Waals surface area contributed by atoms with Crippen molar-refractivity contribution in [2.24, 2.45) is 0 Å². The molecular formula is C17H13ClN2O3. The zero-order chi connectivity index (χ0) is 16.2. The fraction of sp³-hybridized carbons (Fsp3) is 0.0588. The number of ether oxygens (including phenoxy) is 1. The SMILES string of the molecule is COc1ccc(-c2noc(/C(Cl)=C/c3ccc(O)cc3)n2)cc1. The summed E-state index contributed by atoms with van der Waals surface area (Å²) < 4.78 is 10.3. The minimum Gasteiger partial charge on any atom is -0.508 e. The van der Waals surface area contributed by atoms with Gasteiger partial charge in [0.05, 0.1) is 7.11 Å². The van der Waals surface area contributed by atoms with Crippen LogP contribution in [0, 0.1) is 0 Å². The van der Waals surface area contributed by atoms with Crippen molar-refractivity contribution >= 4 is 22.7 Å². The van der Waals surface area contributed by atoms with Gasteiger partial charge < -0.3 is 14.4 Å². The number of hydrogen-bond donors (Lipinski definition) is 1. The molecule has 116 valence electrons. The van der Waals surface area contributed by atoms with E-state index in [-0.39, 0.29) is 11.6 Å². The quantitative estimate of drug-likeness (QED) is 0.777. The van der Waals surface area contributed by atoms with Gasteiger partial charge in [-0.2, -0.15) is 4.98 Å². The lowest BCUT2D eigenvalue weighted by atomic mass is 10.2. The zero-order valence-corrected chi connectivity index (χ0v) is 13.0. The van der Waals surface area contributed by atoms with Gasteiger partial charge in [0.15, 0.2) is 0 Å². The summed E-state index contributed by atoms with van der Waals surface area (Å²) in [6.07, 6.45) is 1.69. The van der Waals surface area contributed by atoms with Crippen LogP contribution >= 0.6 is 11.6 Å². The number of nitrogens with zero attached hydrogens (tertiary/aromatic N) is 2. The Morgan fingerprint density at radius 3 is 2.48 bits per heavy atom. The van der Waals surface area contributed by atoms with Crippen molar-refractivity contribution in [1.82, 2.24) is 10.1 Å². The molecule has 23 heavy (non-hydrogen) atoms. The van der Waals surface area contributed by atoms with E-state index in [0.29, 0.717) is 10.9 Å². The first-order valence-corrected chi connectivity index (χ1v) is 7.18. The molecule has 5 nitrogen and oxygen atoms in total. The average Bonchev–Trinajstić information content (AvgIpc) is 3.07. The van der Waals surface area contributed by atoms with Crippen LogP contribution in [0.4, 0.5) is 0 Å². The van der Waals surface area contributed by atoms with E-state index in [1.165, 1.54) is 0 Å². The van der Waals surface area contributed by atoms with Crippen LogP contribution in [0.25, 0.3) is 22.5 Å². The third-order valence-electron chi connectivity index (χ3n) is 3.17. The topological polar surface area (TPSA) is 68.4 Å². The van der Waals surface area contributed by atoms with Crippen LogP contribution < -0.4 is 4.74 Å². The summed E-state index contributed by atoms with van der Waals surface area (Å²) in [6.45, 7) is 0. The molecule has 3 rings (SSSR count). The molecule has 0 aliphatic heterocycles. The molecule has 0 saturated carbocycles. The molecule has 0 radical (unpaired) electrons. The van der Waals surface area contributed by atoms with Crippen LogP contribution in [-0.2, 0) is 0 Å². The summed E-state index contributed by atoms with van der Waals surface area (Å²) in [5.74, 6) is 1.62. The minimum absolute atomic E-state index is 0.192. The van der Waals surface area contributed by atoms with Crippen LogP contribution in [0.15, 0.2) is 53.1 Å². The Bertz CT molecular complexity index is 824. The predicted octanol–water partition coefficient (Wildman–Crippen LogP) is 4.19. The normalized spacial score (nSPS) is 11.5. The van der Waals surface area contributed by atoms with E-state index < -0.39 is 0 Å². The standard InChI is InChI=1S/C17H13ClN2O3/c1-22-14-8-4-12(5-9-14)16-19-17(23-20-16)15(18)10-11-2-6-13(21)7-3-11/h2-10,21H,1H3/b15-10-. The largest absolute Gasteiger partial charge is 0.508 e. The van der Waals surface area contributed by atoms with Gasteiger partial charge in [0.1, 0.15) is 16.5 Å². The van der Waals surface area contributed by atoms with Gasteiger partial charge in [0, 0.05) is 5.56 Å². The number of aromatic nitrogens is 2. The highest BCUT2D eigenvalue weighted by Gasteiger charge is 2.11. The van der Waals surface area contributed by atoms with Crippen molar-refractivity contribution in [3.8, 4) is 22.9 Å². The highest BCUT2D eigenvalue weighted by Crippen LogP contribution is 2.25. The second-order valence-electron chi connectivity index (χ2n) is 4.74. The number of halogens is 1. The third kappa shape index (κ3) is 3.52. The number of rotatable bonds is 4. The van der Waals surface area contributed by atoms with E-state index in [1.807, 2.05) is 24.3 Å². The van der Waals surface area contributed by atoms with E-state index in [2.05, 4.69) is 10.1 Å². The Kier molecular flexibility index (Phi) is 4.30. The molecule has 0 unspecified atom stereocenters. The molecule has 1 N–H and O–H groups in total. The van der Waals surface area contributed by atoms with Crippen molar-refractivity contribution in [2.45, 2.75) is 0 Å². The number of phenolic OH excluding ortho intramolecular Hbond substituents is 1. The van der Waals surface area contributed by atoms with E-state index >= 15 is 0 Å². The van der Waals surface area contributed by atoms with Gasteiger partial charge in [-0.3, -0.25) is 0 Å². The Morgan fingerprint density at radius 1 is 1.13 bits per heavy atom. The molecule has 6 heteroatoms. The van der Waals surface area contributed by atoms with Gasteiger partial charge in [0.2, 0.25) is 5.82 Å². The third-order valence-corrected chi connectivity index (χ3v) is 3.44. The van der Waals surface area contributed by atoms with Crippen molar-refractivity contribution in [2.75, 3.05) is 7.11 Å². The maximum absolute atomic E-state index is 9.27. The van der Waals surface area contributed by atoms with E-state index in [9.17, 15) is 5.11 Å². The number of benzene rings is 2. The Morgan fingerprint density at radius 2 is 1.83 bits per heavy atom. The summed E-state index contributed by atoms with van der Waals surface area (Å²) in [4.78, 5) is 4.28. The van der Waals surface area contributed by atoms with Crippen LogP contribution in [0.5, 0.6) is 11.5 Å². The molecule has 3 aromatic rings. The average molecular weight is 329 g/mol. The van der Waals surface area contributed by atoms with Gasteiger partial charge in [-0.25, -0.2) is 0 Å². The highest BCUT2D eigenvalue weighted by atomic mass is 35.5. The van der Waals surface area contributed by atoms with Crippen molar-refractivity contribution in [3.63, 3.8) is 0 Å². The number of hydrogen-bond acceptors (Lipinski definition) is 5. The molecule has 0 spiro atoms. The second-order valence-corrected chi connectivity index (χ2v) is 5.14. The molecule has 0 amide bonds. The fourth-order valence-corrected chi connectivity index (χ4v) is 2.16. The Hall–Kier alpha value is -2.79. The maximum atomic E-state index is 9.27. The fourth-order valence-electron chi connectivity index (χ4n) is 1.96. The molecule has 0 atom stereocenters. The number of aromatic hydroxyl groups is 1. The predicted molar refractivity (Wildman–Crippen MR) is 88.1 cm³/mol. The second kappa shape index (κ2) is 6.54. The van der Waals surface area contributed by atoms with E-state index in [4.69, 9.17) is 20.9 Å². The molecule has 1 aromatic heterocycles. The number of methoxy groups -OCH3 is 1. The summed E-state index contributed by atoms with van der Waals surface area (Å²) in [5, 5.41) is 13.5. The van der Waals surface area contributed by atoms with Crippen molar-refractivity contribution < 1.29 is 14.4 Å². The molecule has 1 heterocycles. The number of phenols is 1. The first-order valence-electron chi connectivity index (χ1n) is 6.80. The lowest BCUT2D eigenvalue weighted by Gasteiger charge is -1.98. The summed E-state index contributed by atoms with van der Waals surface area (Å²) in [7, 11) is 1.61. The molecular weight excluding hydrogens is 316 g/mol. The molecule has 0 fully saturated rings. The summed E-state index contributed by atoms with van der Waals surface area (Å²) in [6, 6.07) is 13.9. The first-order chi connectivity index (χ1) is 11.2. The van der Waals surface area contributed by atoms with Gasteiger partial charge in [-0.1, -0.05) is 28.9 Å². The molecule has 0 saturated heterocycles. The summed E-state index contributed by atoms with van der Waals surface area (Å²) >= 11 is 6.21. The van der Waals surface area contributed by atoms with Gasteiger partial charge in [0.25, 0.3) is 5.89 Å². The Labute approximate surface area is 137 Å². The summed E-state index contributed by atoms with van der Waals surface area (Å²) in [5.41, 5.74) is 1.62. The maximum Gasteiger partial charge on any atom is 0.269 e. The van der Waals surface area contributed by atoms with Crippen LogP contribution in [0.3, 0.4) is 0 Å². The minimum atomic E-state index is 0.192. The van der Waals surface area contributed by atoms with Gasteiger partial charge in [-0.05, 0) is 48.0 Å². The van der Waals surface area contributed by atoms with Crippen LogP contribution in [0.2, 0.25) is 0 Å². The van der Waals surface area contributed by atoms with Crippen LogP contribution in [0.1, 0.15) is 11.5 Å². The zero-order valence-electron chi connectivity index (χ0n) is 12.2. The molecule has 0 aliphatic rings. The van der Waals surface area contributed by atoms with E-state index in [0.717, 1.165) is 16.9 Å². The van der Waals surface area contributed by atoms with Gasteiger partial charge >= 0.3 is 0 Å². The van der Waals surface area contributed by atoms with Gasteiger partial charge in [-0.15, -0.1) is 0 Å². The first kappa shape index (κ1) is 15.1. The smallest absolute Gasteiger partial charge is 0.269 e. The van der Waals surface area contributed by atoms with Crippen molar-refractivity contribution in [3.05, 3.63) is 60.0 Å². The lowest BCUT2D eigenvalue weighted by molar-refractivity contribution is 0.410. The Balaban J connectivity index is 1.84. The monoisotopic (exact) mass is 328 g/mol. The van der Waals surface area contributed by atoms with E-state index in [1.54, 1.807) is 37.5 Å². The molecule has 0 bridgehead atoms. The molecule has 2 aromatic carbocycles. The lowest BCUT2D eigenvalue weighted by Crippen LogP contribution is -1.84. The highest BCUT2D eigenvalue weighted by molar-refractivity contribution is 6.50. The van der Waals surface area contributed by atoms with Crippen molar-refractivity contribution in [1.29, 1.82) is 0 Å². The van der Waals surface area contributed by atoms with Crippen LogP contribution in [-0.4, -0.2) is 22.4 Å².